The zero-order valence-corrected chi connectivity index (χ0v) is 17.4. The highest BCUT2D eigenvalue weighted by Gasteiger charge is 2.36. The van der Waals surface area contributed by atoms with Gasteiger partial charge in [-0.25, -0.2) is 12.7 Å². The monoisotopic (exact) mass is 410 g/mol. The Morgan fingerprint density at radius 3 is 2.43 bits per heavy atom. The number of carbonyl (C=O) groups excluding carboxylic acids is 1. The second kappa shape index (κ2) is 8.10. The van der Waals surface area contributed by atoms with Crippen LogP contribution < -0.4 is 0 Å². The number of amides is 1. The maximum atomic E-state index is 12.3. The third kappa shape index (κ3) is 4.40. The van der Waals surface area contributed by atoms with E-state index >= 15 is 0 Å². The molecular formula is C19H30N4O4S. The van der Waals surface area contributed by atoms with Crippen LogP contribution in [-0.2, 0) is 14.8 Å². The van der Waals surface area contributed by atoms with Gasteiger partial charge in [-0.05, 0) is 25.2 Å². The Balaban J connectivity index is 1.23. The summed E-state index contributed by atoms with van der Waals surface area (Å²) in [4.78, 5) is 18.8. The Bertz CT molecular complexity index is 789. The number of nitrogens with zero attached hydrogens (tertiary/aromatic N) is 4. The predicted octanol–water partition coefficient (Wildman–Crippen LogP) is 2.10. The number of likely N-dealkylation sites (tertiary alicyclic amines) is 1. The molecule has 1 aromatic heterocycles. The number of rotatable bonds is 6. The lowest BCUT2D eigenvalue weighted by Gasteiger charge is -2.37. The van der Waals surface area contributed by atoms with Crippen LogP contribution in [-0.4, -0.2) is 66.1 Å². The van der Waals surface area contributed by atoms with Gasteiger partial charge in [-0.1, -0.05) is 30.8 Å². The van der Waals surface area contributed by atoms with Crippen molar-refractivity contribution in [2.45, 2.75) is 63.2 Å². The van der Waals surface area contributed by atoms with Crippen molar-refractivity contribution in [3.63, 3.8) is 0 Å². The Kier molecular flexibility index (Phi) is 5.73. The largest absolute Gasteiger partial charge is 0.341 e. The highest BCUT2D eigenvalue weighted by Crippen LogP contribution is 2.32. The first-order chi connectivity index (χ1) is 13.4. The van der Waals surface area contributed by atoms with E-state index in [1.807, 2.05) is 4.90 Å². The average Bonchev–Trinajstić information content (AvgIpc) is 3.30. The van der Waals surface area contributed by atoms with Gasteiger partial charge in [0.2, 0.25) is 21.8 Å². The highest BCUT2D eigenvalue weighted by atomic mass is 32.2. The van der Waals surface area contributed by atoms with E-state index in [0.29, 0.717) is 57.2 Å². The van der Waals surface area contributed by atoms with Crippen LogP contribution in [0.3, 0.4) is 0 Å². The van der Waals surface area contributed by atoms with Crippen molar-refractivity contribution >= 4 is 15.9 Å². The molecule has 0 atom stereocenters. The number of piperidine rings is 1. The molecule has 3 aliphatic rings. The van der Waals surface area contributed by atoms with Crippen LogP contribution in [0, 0.1) is 5.92 Å². The maximum Gasteiger partial charge on any atom is 0.233 e. The lowest BCUT2D eigenvalue weighted by Crippen LogP contribution is -2.48. The van der Waals surface area contributed by atoms with Gasteiger partial charge in [-0.2, -0.15) is 4.98 Å². The summed E-state index contributed by atoms with van der Waals surface area (Å²) < 4.78 is 30.2. The number of sulfonamides is 1. The first-order valence-electron chi connectivity index (χ1n) is 10.5. The van der Waals surface area contributed by atoms with Crippen molar-refractivity contribution in [3.05, 3.63) is 11.7 Å². The summed E-state index contributed by atoms with van der Waals surface area (Å²) in [7, 11) is -3.13. The van der Waals surface area contributed by atoms with E-state index in [0.717, 1.165) is 12.3 Å². The molecule has 0 N–H and O–H groups in total. The molecule has 9 heteroatoms. The van der Waals surface area contributed by atoms with Crippen LogP contribution in [0.25, 0.3) is 0 Å². The molecule has 156 valence electrons. The van der Waals surface area contributed by atoms with Crippen LogP contribution >= 0.6 is 0 Å². The summed E-state index contributed by atoms with van der Waals surface area (Å²) >= 11 is 0. The van der Waals surface area contributed by atoms with Gasteiger partial charge in [0.25, 0.3) is 0 Å². The Morgan fingerprint density at radius 1 is 1.11 bits per heavy atom. The molecule has 0 unspecified atom stereocenters. The van der Waals surface area contributed by atoms with Crippen LogP contribution in [0.15, 0.2) is 4.52 Å². The van der Waals surface area contributed by atoms with Crippen molar-refractivity contribution in [2.24, 2.45) is 5.92 Å². The van der Waals surface area contributed by atoms with E-state index in [2.05, 4.69) is 10.1 Å². The minimum absolute atomic E-state index is 0.132. The molecule has 3 fully saturated rings. The smallest absolute Gasteiger partial charge is 0.233 e. The zero-order chi connectivity index (χ0) is 19.7. The molecule has 1 aromatic rings. The summed E-state index contributed by atoms with van der Waals surface area (Å²) in [5, 5.41) is 4.13. The second-order valence-corrected chi connectivity index (χ2v) is 10.6. The zero-order valence-electron chi connectivity index (χ0n) is 16.5. The predicted molar refractivity (Wildman–Crippen MR) is 103 cm³/mol. The number of aromatic nitrogens is 2. The van der Waals surface area contributed by atoms with Crippen molar-refractivity contribution in [3.8, 4) is 0 Å². The van der Waals surface area contributed by atoms with Crippen molar-refractivity contribution in [1.29, 1.82) is 0 Å². The normalized spacial score (nSPS) is 23.2. The molecule has 2 saturated heterocycles. The fraction of sp³-hybridized carbons (Fsp3) is 0.842. The van der Waals surface area contributed by atoms with E-state index in [1.165, 1.54) is 36.2 Å². The standard InChI is InChI=1S/C19H30N4O4S/c1-28(25,26)23-10-8-15(9-11-23)18-20-19(27-21-18)16-12-22(13-16)17(24)7-6-14-4-2-3-5-14/h14-16H,2-13H2,1H3. The average molecular weight is 411 g/mol. The van der Waals surface area contributed by atoms with Gasteiger partial charge in [-0.3, -0.25) is 4.79 Å². The minimum atomic E-state index is -3.13. The van der Waals surface area contributed by atoms with Crippen molar-refractivity contribution in [1.82, 2.24) is 19.3 Å². The molecular weight excluding hydrogens is 380 g/mol. The molecule has 3 heterocycles. The quantitative estimate of drug-likeness (QED) is 0.712. The molecule has 0 bridgehead atoms. The topological polar surface area (TPSA) is 96.6 Å². The maximum absolute atomic E-state index is 12.3. The first kappa shape index (κ1) is 19.8. The molecule has 1 amide bonds. The van der Waals surface area contributed by atoms with Crippen LogP contribution in [0.4, 0.5) is 0 Å². The summed E-state index contributed by atoms with van der Waals surface area (Å²) in [5.41, 5.74) is 0. The summed E-state index contributed by atoms with van der Waals surface area (Å²) in [5.74, 6) is 2.55. The van der Waals surface area contributed by atoms with Gasteiger partial charge in [0.15, 0.2) is 5.82 Å². The Hall–Kier alpha value is -1.48. The molecule has 28 heavy (non-hydrogen) atoms. The molecule has 2 aliphatic heterocycles. The van der Waals surface area contributed by atoms with E-state index < -0.39 is 10.0 Å². The fourth-order valence-electron chi connectivity index (χ4n) is 4.65. The molecule has 1 aliphatic carbocycles. The SMILES string of the molecule is CS(=O)(=O)N1CCC(c2noc(C3CN(C(=O)CCC4CCCC4)C3)n2)CC1. The molecule has 0 spiro atoms. The third-order valence-corrected chi connectivity index (χ3v) is 7.87. The van der Waals surface area contributed by atoms with Gasteiger partial charge in [-0.15, -0.1) is 0 Å². The highest BCUT2D eigenvalue weighted by molar-refractivity contribution is 7.88. The number of hydrogen-bond donors (Lipinski definition) is 0. The van der Waals surface area contributed by atoms with E-state index in [-0.39, 0.29) is 17.7 Å². The van der Waals surface area contributed by atoms with Gasteiger partial charge in [0.05, 0.1) is 12.2 Å². The Morgan fingerprint density at radius 2 is 1.79 bits per heavy atom. The molecule has 0 radical (unpaired) electrons. The summed E-state index contributed by atoms with van der Waals surface area (Å²) in [6.45, 7) is 2.33. The Labute approximate surface area is 166 Å². The van der Waals surface area contributed by atoms with Gasteiger partial charge >= 0.3 is 0 Å². The van der Waals surface area contributed by atoms with E-state index in [9.17, 15) is 13.2 Å². The fourth-order valence-corrected chi connectivity index (χ4v) is 5.52. The molecule has 1 saturated carbocycles. The summed E-state index contributed by atoms with van der Waals surface area (Å²) in [6, 6.07) is 0. The summed E-state index contributed by atoms with van der Waals surface area (Å²) in [6.07, 6.45) is 9.55. The first-order valence-corrected chi connectivity index (χ1v) is 12.3. The molecule has 4 rings (SSSR count). The number of hydrogen-bond acceptors (Lipinski definition) is 6. The number of carbonyl (C=O) groups is 1. The minimum Gasteiger partial charge on any atom is -0.341 e. The lowest BCUT2D eigenvalue weighted by molar-refractivity contribution is -0.136. The van der Waals surface area contributed by atoms with E-state index in [4.69, 9.17) is 4.52 Å². The lowest BCUT2D eigenvalue weighted by atomic mass is 9.96. The van der Waals surface area contributed by atoms with Gasteiger partial charge in [0, 0.05) is 38.5 Å². The van der Waals surface area contributed by atoms with Gasteiger partial charge < -0.3 is 9.42 Å². The van der Waals surface area contributed by atoms with Crippen molar-refractivity contribution < 1.29 is 17.7 Å². The second-order valence-electron chi connectivity index (χ2n) is 8.61. The third-order valence-electron chi connectivity index (χ3n) is 6.57. The van der Waals surface area contributed by atoms with Crippen LogP contribution in [0.1, 0.15) is 74.9 Å². The van der Waals surface area contributed by atoms with Crippen LogP contribution in [0.2, 0.25) is 0 Å². The molecule has 8 nitrogen and oxygen atoms in total. The van der Waals surface area contributed by atoms with Crippen LogP contribution in [0.5, 0.6) is 0 Å². The van der Waals surface area contributed by atoms with Crippen molar-refractivity contribution in [2.75, 3.05) is 32.4 Å². The van der Waals surface area contributed by atoms with Gasteiger partial charge in [0.1, 0.15) is 0 Å². The van der Waals surface area contributed by atoms with E-state index in [1.54, 1.807) is 0 Å². The molecule has 0 aromatic carbocycles.